The van der Waals surface area contributed by atoms with Crippen molar-refractivity contribution in [3.63, 3.8) is 0 Å². The fourth-order valence-electron chi connectivity index (χ4n) is 1.81. The number of nitrogens with two attached hydrogens (primary N) is 1. The molecule has 0 saturated heterocycles. The van der Waals surface area contributed by atoms with Crippen LogP contribution >= 0.6 is 0 Å². The largest absolute Gasteiger partial charge is 0.367 e. The molecule has 1 aromatic rings. The van der Waals surface area contributed by atoms with Crippen LogP contribution in [-0.4, -0.2) is 22.0 Å². The molecule has 1 fully saturated rings. The third-order valence-electron chi connectivity index (χ3n) is 2.81. The van der Waals surface area contributed by atoms with E-state index >= 15 is 0 Å². The predicted molar refractivity (Wildman–Crippen MR) is 60.2 cm³/mol. The van der Waals surface area contributed by atoms with Crippen LogP contribution in [0.2, 0.25) is 0 Å². The number of pyridine rings is 1. The summed E-state index contributed by atoms with van der Waals surface area (Å²) in [6.07, 6.45) is 3.14. The third kappa shape index (κ3) is 2.11. The number of anilines is 1. The van der Waals surface area contributed by atoms with Gasteiger partial charge < -0.3 is 11.1 Å². The van der Waals surface area contributed by atoms with Crippen LogP contribution in [0.5, 0.6) is 0 Å². The minimum Gasteiger partial charge on any atom is -0.367 e. The van der Waals surface area contributed by atoms with E-state index in [1.807, 2.05) is 0 Å². The van der Waals surface area contributed by atoms with Crippen molar-refractivity contribution in [2.75, 3.05) is 5.32 Å². The van der Waals surface area contributed by atoms with Gasteiger partial charge in [0.25, 0.3) is 5.69 Å². The maximum atomic E-state index is 10.6. The molecule has 1 aliphatic rings. The Morgan fingerprint density at radius 1 is 1.62 bits per heavy atom. The van der Waals surface area contributed by atoms with E-state index in [9.17, 15) is 10.1 Å². The van der Waals surface area contributed by atoms with Crippen LogP contribution in [0, 0.1) is 17.0 Å². The summed E-state index contributed by atoms with van der Waals surface area (Å²) in [6, 6.07) is 2.32. The molecule has 0 bridgehead atoms. The van der Waals surface area contributed by atoms with Crippen LogP contribution in [0.1, 0.15) is 18.4 Å². The lowest BCUT2D eigenvalue weighted by Gasteiger charge is -2.33. The fourth-order valence-corrected chi connectivity index (χ4v) is 1.81. The zero-order chi connectivity index (χ0) is 11.7. The summed E-state index contributed by atoms with van der Waals surface area (Å²) in [4.78, 5) is 14.2. The maximum Gasteiger partial charge on any atom is 0.290 e. The highest BCUT2D eigenvalue weighted by atomic mass is 16.6. The topological polar surface area (TPSA) is 94.1 Å². The van der Waals surface area contributed by atoms with Crippen LogP contribution in [0.15, 0.2) is 12.3 Å². The van der Waals surface area contributed by atoms with Crippen molar-refractivity contribution in [2.24, 2.45) is 5.73 Å². The summed E-state index contributed by atoms with van der Waals surface area (Å²) >= 11 is 0. The van der Waals surface area contributed by atoms with Gasteiger partial charge in [-0.05, 0) is 25.8 Å². The molecule has 16 heavy (non-hydrogen) atoms. The summed E-state index contributed by atoms with van der Waals surface area (Å²) in [5.41, 5.74) is 6.34. The van der Waals surface area contributed by atoms with Crippen LogP contribution in [0.3, 0.4) is 0 Å². The summed E-state index contributed by atoms with van der Waals surface area (Å²) < 4.78 is 0. The van der Waals surface area contributed by atoms with E-state index in [1.165, 1.54) is 6.20 Å². The Bertz CT molecular complexity index is 415. The minimum atomic E-state index is -0.425. The van der Waals surface area contributed by atoms with E-state index in [4.69, 9.17) is 5.73 Å². The molecule has 0 spiro atoms. The van der Waals surface area contributed by atoms with Gasteiger partial charge in [0.15, 0.2) is 0 Å². The monoisotopic (exact) mass is 222 g/mol. The first-order valence-corrected chi connectivity index (χ1v) is 5.19. The molecule has 6 nitrogen and oxygen atoms in total. The Labute approximate surface area is 93.0 Å². The van der Waals surface area contributed by atoms with Crippen molar-refractivity contribution in [3.8, 4) is 0 Å². The molecule has 0 amide bonds. The number of nitro groups is 1. The number of hydrogen-bond donors (Lipinski definition) is 2. The second kappa shape index (κ2) is 4.05. The third-order valence-corrected chi connectivity index (χ3v) is 2.81. The molecule has 0 aliphatic heterocycles. The molecule has 0 atom stereocenters. The van der Waals surface area contributed by atoms with Gasteiger partial charge in [-0.15, -0.1) is 0 Å². The zero-order valence-electron chi connectivity index (χ0n) is 9.01. The maximum absolute atomic E-state index is 10.6. The standard InChI is InChI=1S/C10H14N4O2/c1-6-2-10(12-5-9(6)14(15)16)13-8-3-7(11)4-8/h2,5,7-8H,3-4,11H2,1H3,(H,12,13). The normalized spacial score (nSPS) is 23.6. The van der Waals surface area contributed by atoms with Gasteiger partial charge in [-0.2, -0.15) is 0 Å². The Hall–Kier alpha value is -1.69. The zero-order valence-corrected chi connectivity index (χ0v) is 9.01. The highest BCUT2D eigenvalue weighted by Crippen LogP contribution is 2.24. The molecule has 0 unspecified atom stereocenters. The van der Waals surface area contributed by atoms with E-state index < -0.39 is 4.92 Å². The number of aromatic nitrogens is 1. The molecule has 1 saturated carbocycles. The van der Waals surface area contributed by atoms with Gasteiger partial charge in [0, 0.05) is 17.6 Å². The van der Waals surface area contributed by atoms with Crippen molar-refractivity contribution in [1.82, 2.24) is 4.98 Å². The van der Waals surface area contributed by atoms with Crippen molar-refractivity contribution in [1.29, 1.82) is 0 Å². The van der Waals surface area contributed by atoms with Crippen LogP contribution in [-0.2, 0) is 0 Å². The van der Waals surface area contributed by atoms with Crippen LogP contribution in [0.25, 0.3) is 0 Å². The first-order valence-electron chi connectivity index (χ1n) is 5.19. The second-order valence-electron chi connectivity index (χ2n) is 4.19. The quantitative estimate of drug-likeness (QED) is 0.592. The number of hydrogen-bond acceptors (Lipinski definition) is 5. The van der Waals surface area contributed by atoms with Gasteiger partial charge in [0.2, 0.25) is 0 Å². The highest BCUT2D eigenvalue weighted by molar-refractivity contribution is 5.47. The van der Waals surface area contributed by atoms with Gasteiger partial charge >= 0.3 is 0 Å². The summed E-state index contributed by atoms with van der Waals surface area (Å²) in [5, 5.41) is 13.8. The number of nitrogens with one attached hydrogen (secondary N) is 1. The molecule has 86 valence electrons. The molecule has 3 N–H and O–H groups in total. The lowest BCUT2D eigenvalue weighted by atomic mass is 9.88. The lowest BCUT2D eigenvalue weighted by molar-refractivity contribution is -0.385. The molecular weight excluding hydrogens is 208 g/mol. The van der Waals surface area contributed by atoms with Crippen molar-refractivity contribution < 1.29 is 4.92 Å². The van der Waals surface area contributed by atoms with Gasteiger partial charge in [-0.1, -0.05) is 0 Å². The van der Waals surface area contributed by atoms with E-state index in [-0.39, 0.29) is 11.7 Å². The Balaban J connectivity index is 2.06. The average Bonchev–Trinajstić information content (AvgIpc) is 2.15. The van der Waals surface area contributed by atoms with Crippen molar-refractivity contribution in [3.05, 3.63) is 27.9 Å². The SMILES string of the molecule is Cc1cc(NC2CC(N)C2)ncc1[N+](=O)[O-]. The van der Waals surface area contributed by atoms with Gasteiger partial charge in [-0.3, -0.25) is 10.1 Å². The van der Waals surface area contributed by atoms with E-state index in [0.29, 0.717) is 17.4 Å². The van der Waals surface area contributed by atoms with Gasteiger partial charge in [-0.25, -0.2) is 4.98 Å². The molecule has 1 aromatic heterocycles. The summed E-state index contributed by atoms with van der Waals surface area (Å²) in [7, 11) is 0. The van der Waals surface area contributed by atoms with Crippen molar-refractivity contribution >= 4 is 11.5 Å². The summed E-state index contributed by atoms with van der Waals surface area (Å²) in [6.45, 7) is 1.71. The van der Waals surface area contributed by atoms with E-state index in [1.54, 1.807) is 13.0 Å². The van der Waals surface area contributed by atoms with Gasteiger partial charge in [0.05, 0.1) is 4.92 Å². The fraction of sp³-hybridized carbons (Fsp3) is 0.500. The number of rotatable bonds is 3. The molecule has 1 heterocycles. The molecule has 2 rings (SSSR count). The first kappa shape index (κ1) is 10.8. The first-order chi connectivity index (χ1) is 7.56. The molecule has 6 heteroatoms. The second-order valence-corrected chi connectivity index (χ2v) is 4.19. The lowest BCUT2D eigenvalue weighted by Crippen LogP contribution is -2.44. The Kier molecular flexibility index (Phi) is 2.74. The molecule has 0 aromatic carbocycles. The van der Waals surface area contributed by atoms with E-state index in [0.717, 1.165) is 12.8 Å². The average molecular weight is 222 g/mol. The van der Waals surface area contributed by atoms with E-state index in [2.05, 4.69) is 10.3 Å². The highest BCUT2D eigenvalue weighted by Gasteiger charge is 2.26. The molecule has 0 radical (unpaired) electrons. The Morgan fingerprint density at radius 2 is 2.31 bits per heavy atom. The Morgan fingerprint density at radius 3 is 2.81 bits per heavy atom. The molecule has 1 aliphatic carbocycles. The number of nitrogens with zero attached hydrogens (tertiary/aromatic N) is 2. The van der Waals surface area contributed by atoms with Crippen molar-refractivity contribution in [2.45, 2.75) is 31.8 Å². The smallest absolute Gasteiger partial charge is 0.290 e. The predicted octanol–water partition coefficient (Wildman–Crippen LogP) is 1.20. The summed E-state index contributed by atoms with van der Waals surface area (Å²) in [5.74, 6) is 0.681. The van der Waals surface area contributed by atoms with Crippen LogP contribution in [0.4, 0.5) is 11.5 Å². The number of aryl methyl sites for hydroxylation is 1. The van der Waals surface area contributed by atoms with Gasteiger partial charge in [0.1, 0.15) is 12.0 Å². The minimum absolute atomic E-state index is 0.0517. The molecular formula is C10H14N4O2. The van der Waals surface area contributed by atoms with Crippen LogP contribution < -0.4 is 11.1 Å².